The number of benzene rings is 1. The highest BCUT2D eigenvalue weighted by atomic mass is 16.2. The second-order valence-corrected chi connectivity index (χ2v) is 6.80. The molecule has 1 aliphatic heterocycles. The molecule has 1 aromatic heterocycles. The summed E-state index contributed by atoms with van der Waals surface area (Å²) in [6.45, 7) is 9.30. The van der Waals surface area contributed by atoms with Gasteiger partial charge in [-0.05, 0) is 32.8 Å². The summed E-state index contributed by atoms with van der Waals surface area (Å²) in [5.74, 6) is 0.749. The first-order valence-electron chi connectivity index (χ1n) is 8.92. The van der Waals surface area contributed by atoms with Gasteiger partial charge in [-0.3, -0.25) is 9.69 Å². The van der Waals surface area contributed by atoms with Gasteiger partial charge in [-0.1, -0.05) is 30.3 Å². The van der Waals surface area contributed by atoms with Gasteiger partial charge in [-0.2, -0.15) is 0 Å². The number of nitrogens with zero attached hydrogens (tertiary/aromatic N) is 4. The van der Waals surface area contributed by atoms with Crippen LogP contribution in [0.25, 0.3) is 0 Å². The summed E-state index contributed by atoms with van der Waals surface area (Å²) in [5, 5.41) is 0. The molecule has 0 spiro atoms. The SMILES string of the molecule is Cc1ncc(C(=O)N2CC[C@H](C)N(Cc3ccccc3)CC2)c(C)n1. The van der Waals surface area contributed by atoms with E-state index in [1.54, 1.807) is 6.20 Å². The third-order valence-corrected chi connectivity index (χ3v) is 4.94. The third-order valence-electron chi connectivity index (χ3n) is 4.94. The molecule has 2 aromatic rings. The average molecular weight is 338 g/mol. The summed E-state index contributed by atoms with van der Waals surface area (Å²) in [6.07, 6.45) is 2.64. The quantitative estimate of drug-likeness (QED) is 0.863. The van der Waals surface area contributed by atoms with Crippen molar-refractivity contribution >= 4 is 5.91 Å². The van der Waals surface area contributed by atoms with E-state index in [2.05, 4.69) is 46.1 Å². The molecule has 1 atom stereocenters. The summed E-state index contributed by atoms with van der Waals surface area (Å²) in [4.78, 5) is 25.8. The van der Waals surface area contributed by atoms with Crippen LogP contribution in [0.3, 0.4) is 0 Å². The fraction of sp³-hybridized carbons (Fsp3) is 0.450. The molecule has 0 bridgehead atoms. The smallest absolute Gasteiger partial charge is 0.257 e. The van der Waals surface area contributed by atoms with Crippen molar-refractivity contribution in [2.24, 2.45) is 0 Å². The van der Waals surface area contributed by atoms with E-state index in [9.17, 15) is 4.79 Å². The van der Waals surface area contributed by atoms with Gasteiger partial charge in [0.15, 0.2) is 0 Å². The summed E-state index contributed by atoms with van der Waals surface area (Å²) in [7, 11) is 0. The maximum atomic E-state index is 12.9. The number of carbonyl (C=O) groups excluding carboxylic acids is 1. The molecular formula is C20H26N4O. The Morgan fingerprint density at radius 3 is 2.64 bits per heavy atom. The highest BCUT2D eigenvalue weighted by Gasteiger charge is 2.25. The maximum Gasteiger partial charge on any atom is 0.257 e. The summed E-state index contributed by atoms with van der Waals surface area (Å²) >= 11 is 0. The Morgan fingerprint density at radius 2 is 1.92 bits per heavy atom. The van der Waals surface area contributed by atoms with Gasteiger partial charge in [-0.15, -0.1) is 0 Å². The Bertz CT molecular complexity index is 732. The van der Waals surface area contributed by atoms with E-state index in [0.29, 0.717) is 17.4 Å². The molecule has 0 aliphatic carbocycles. The minimum absolute atomic E-state index is 0.0475. The van der Waals surface area contributed by atoms with Crippen LogP contribution in [0, 0.1) is 13.8 Å². The lowest BCUT2D eigenvalue weighted by Crippen LogP contribution is -2.36. The van der Waals surface area contributed by atoms with Crippen molar-refractivity contribution in [3.8, 4) is 0 Å². The molecule has 0 radical (unpaired) electrons. The summed E-state index contributed by atoms with van der Waals surface area (Å²) < 4.78 is 0. The van der Waals surface area contributed by atoms with Gasteiger partial charge >= 0.3 is 0 Å². The first kappa shape index (κ1) is 17.5. The molecule has 1 amide bonds. The van der Waals surface area contributed by atoms with E-state index >= 15 is 0 Å². The lowest BCUT2D eigenvalue weighted by atomic mass is 10.1. The van der Waals surface area contributed by atoms with Crippen LogP contribution in [0.5, 0.6) is 0 Å². The molecule has 0 unspecified atom stereocenters. The third kappa shape index (κ3) is 4.23. The van der Waals surface area contributed by atoms with E-state index in [0.717, 1.165) is 38.3 Å². The Morgan fingerprint density at radius 1 is 1.16 bits per heavy atom. The fourth-order valence-electron chi connectivity index (χ4n) is 3.33. The molecule has 5 heteroatoms. The predicted octanol–water partition coefficient (Wildman–Crippen LogP) is 2.83. The second kappa shape index (κ2) is 7.74. The lowest BCUT2D eigenvalue weighted by molar-refractivity contribution is 0.0759. The normalized spacial score (nSPS) is 18.8. The molecule has 1 aromatic carbocycles. The van der Waals surface area contributed by atoms with Crippen LogP contribution in [0.15, 0.2) is 36.5 Å². The van der Waals surface area contributed by atoms with Crippen LogP contribution < -0.4 is 0 Å². The van der Waals surface area contributed by atoms with Gasteiger partial charge in [0.1, 0.15) is 5.82 Å². The zero-order valence-corrected chi connectivity index (χ0v) is 15.3. The van der Waals surface area contributed by atoms with Crippen molar-refractivity contribution in [2.75, 3.05) is 19.6 Å². The first-order valence-corrected chi connectivity index (χ1v) is 8.92. The van der Waals surface area contributed by atoms with Crippen molar-refractivity contribution < 1.29 is 4.79 Å². The van der Waals surface area contributed by atoms with E-state index in [4.69, 9.17) is 0 Å². The fourth-order valence-corrected chi connectivity index (χ4v) is 3.33. The molecule has 132 valence electrons. The number of aromatic nitrogens is 2. The van der Waals surface area contributed by atoms with Gasteiger partial charge in [0.25, 0.3) is 5.91 Å². The number of aryl methyl sites for hydroxylation is 2. The lowest BCUT2D eigenvalue weighted by Gasteiger charge is -2.26. The second-order valence-electron chi connectivity index (χ2n) is 6.80. The number of hydrogen-bond donors (Lipinski definition) is 0. The standard InChI is InChI=1S/C20H26N4O/c1-15-9-10-23(20(25)19-13-21-17(3)22-16(19)2)11-12-24(15)14-18-7-5-4-6-8-18/h4-8,13,15H,9-12,14H2,1-3H3/t15-/m0/s1. The largest absolute Gasteiger partial charge is 0.337 e. The van der Waals surface area contributed by atoms with E-state index < -0.39 is 0 Å². The van der Waals surface area contributed by atoms with Crippen LogP contribution in [0.1, 0.15) is 40.8 Å². The average Bonchev–Trinajstić information content (AvgIpc) is 2.78. The molecule has 2 heterocycles. The van der Waals surface area contributed by atoms with Crippen LogP contribution in [-0.4, -0.2) is 51.4 Å². The van der Waals surface area contributed by atoms with Crippen LogP contribution in [0.2, 0.25) is 0 Å². The van der Waals surface area contributed by atoms with Gasteiger partial charge in [-0.25, -0.2) is 9.97 Å². The van der Waals surface area contributed by atoms with E-state index in [1.807, 2.05) is 24.8 Å². The van der Waals surface area contributed by atoms with Crippen molar-refractivity contribution in [2.45, 2.75) is 39.8 Å². The number of hydrogen-bond acceptors (Lipinski definition) is 4. The zero-order valence-electron chi connectivity index (χ0n) is 15.3. The van der Waals surface area contributed by atoms with Gasteiger partial charge in [0.2, 0.25) is 0 Å². The van der Waals surface area contributed by atoms with Gasteiger partial charge < -0.3 is 4.90 Å². The minimum atomic E-state index is 0.0475. The molecule has 5 nitrogen and oxygen atoms in total. The van der Waals surface area contributed by atoms with Crippen LogP contribution >= 0.6 is 0 Å². The Balaban J connectivity index is 1.68. The molecule has 1 fully saturated rings. The highest BCUT2D eigenvalue weighted by Crippen LogP contribution is 2.17. The van der Waals surface area contributed by atoms with Crippen LogP contribution in [-0.2, 0) is 6.54 Å². The zero-order chi connectivity index (χ0) is 17.8. The molecule has 0 saturated carbocycles. The Kier molecular flexibility index (Phi) is 5.43. The Hall–Kier alpha value is -2.27. The number of amides is 1. The van der Waals surface area contributed by atoms with Crippen molar-refractivity contribution in [1.82, 2.24) is 19.8 Å². The molecule has 25 heavy (non-hydrogen) atoms. The number of rotatable bonds is 3. The monoisotopic (exact) mass is 338 g/mol. The number of carbonyl (C=O) groups is 1. The predicted molar refractivity (Wildman–Crippen MR) is 98.3 cm³/mol. The van der Waals surface area contributed by atoms with Crippen molar-refractivity contribution in [3.05, 3.63) is 59.2 Å². The molecular weight excluding hydrogens is 312 g/mol. The summed E-state index contributed by atoms with van der Waals surface area (Å²) in [6, 6.07) is 11.0. The summed E-state index contributed by atoms with van der Waals surface area (Å²) in [5.41, 5.74) is 2.70. The first-order chi connectivity index (χ1) is 12.0. The highest BCUT2D eigenvalue weighted by molar-refractivity contribution is 5.94. The van der Waals surface area contributed by atoms with E-state index in [-0.39, 0.29) is 5.91 Å². The minimum Gasteiger partial charge on any atom is -0.337 e. The van der Waals surface area contributed by atoms with Crippen molar-refractivity contribution in [3.63, 3.8) is 0 Å². The van der Waals surface area contributed by atoms with Gasteiger partial charge in [0, 0.05) is 38.4 Å². The molecule has 3 rings (SSSR count). The Labute approximate surface area is 149 Å². The van der Waals surface area contributed by atoms with E-state index in [1.165, 1.54) is 5.56 Å². The van der Waals surface area contributed by atoms with Gasteiger partial charge in [0.05, 0.1) is 11.3 Å². The molecule has 1 aliphatic rings. The van der Waals surface area contributed by atoms with Crippen LogP contribution in [0.4, 0.5) is 0 Å². The topological polar surface area (TPSA) is 49.3 Å². The maximum absolute atomic E-state index is 12.9. The molecule has 0 N–H and O–H groups in total. The molecule has 1 saturated heterocycles. The van der Waals surface area contributed by atoms with Crippen molar-refractivity contribution in [1.29, 1.82) is 0 Å².